The smallest absolute Gasteiger partial charge is 0.320 e. The first-order valence-electron chi connectivity index (χ1n) is 6.80. The fourth-order valence-electron chi connectivity index (χ4n) is 2.19. The van der Waals surface area contributed by atoms with Crippen LogP contribution in [-0.4, -0.2) is 49.6 Å². The second kappa shape index (κ2) is 8.08. The Kier molecular flexibility index (Phi) is 6.72. The molecule has 0 aromatic heterocycles. The number of nitrogens with zero attached hydrogens (tertiary/aromatic N) is 1. The fourth-order valence-corrected chi connectivity index (χ4v) is 2.19. The second-order valence-electron chi connectivity index (χ2n) is 4.67. The highest BCUT2D eigenvalue weighted by molar-refractivity contribution is 5.82. The van der Waals surface area contributed by atoms with Gasteiger partial charge in [0, 0.05) is 7.05 Å². The van der Waals surface area contributed by atoms with E-state index in [1.165, 1.54) is 0 Å². The summed E-state index contributed by atoms with van der Waals surface area (Å²) in [4.78, 5) is 25.3. The molecule has 1 heterocycles. The molecule has 0 spiro atoms. The maximum absolute atomic E-state index is 11.7. The van der Waals surface area contributed by atoms with Crippen molar-refractivity contribution in [1.82, 2.24) is 10.2 Å². The van der Waals surface area contributed by atoms with Crippen LogP contribution in [0.1, 0.15) is 39.0 Å². The number of nitrogens with one attached hydrogen (secondary N) is 1. The van der Waals surface area contributed by atoms with Gasteiger partial charge in [-0.15, -0.1) is 0 Å². The molecule has 5 nitrogen and oxygen atoms in total. The van der Waals surface area contributed by atoms with Crippen LogP contribution in [0.25, 0.3) is 0 Å². The van der Waals surface area contributed by atoms with Crippen molar-refractivity contribution in [2.75, 3.05) is 26.7 Å². The van der Waals surface area contributed by atoms with Gasteiger partial charge in [0.1, 0.15) is 0 Å². The molecule has 0 bridgehead atoms. The SMILES string of the molecule is CCCCOC(=O)CN1CCCCC1C(=O)NC. The molecule has 1 amide bonds. The molecule has 1 atom stereocenters. The number of carbonyl (C=O) groups is 2. The Bertz CT molecular complexity index is 281. The molecule has 1 N–H and O–H groups in total. The third kappa shape index (κ3) is 4.64. The molecular weight excluding hydrogens is 232 g/mol. The first-order valence-corrected chi connectivity index (χ1v) is 6.80. The lowest BCUT2D eigenvalue weighted by atomic mass is 10.0. The standard InChI is InChI=1S/C13H24N2O3/c1-3-4-9-18-12(16)10-15-8-6-5-7-11(15)13(17)14-2/h11H,3-10H2,1-2H3,(H,14,17). The number of ether oxygens (including phenoxy) is 1. The van der Waals surface area contributed by atoms with E-state index in [2.05, 4.69) is 12.2 Å². The summed E-state index contributed by atoms with van der Waals surface area (Å²) >= 11 is 0. The minimum absolute atomic E-state index is 0.00365. The summed E-state index contributed by atoms with van der Waals surface area (Å²) in [7, 11) is 1.63. The van der Waals surface area contributed by atoms with Crippen molar-refractivity contribution in [2.24, 2.45) is 0 Å². The van der Waals surface area contributed by atoms with E-state index >= 15 is 0 Å². The topological polar surface area (TPSA) is 58.6 Å². The van der Waals surface area contributed by atoms with Crippen molar-refractivity contribution in [3.63, 3.8) is 0 Å². The average Bonchev–Trinajstić information content (AvgIpc) is 2.39. The largest absolute Gasteiger partial charge is 0.465 e. The number of esters is 1. The summed E-state index contributed by atoms with van der Waals surface area (Å²) < 4.78 is 5.13. The first-order chi connectivity index (χ1) is 8.69. The average molecular weight is 256 g/mol. The van der Waals surface area contributed by atoms with Crippen LogP contribution in [0.15, 0.2) is 0 Å². The van der Waals surface area contributed by atoms with Crippen LogP contribution in [0, 0.1) is 0 Å². The van der Waals surface area contributed by atoms with Crippen molar-refractivity contribution in [1.29, 1.82) is 0 Å². The van der Waals surface area contributed by atoms with Crippen LogP contribution in [0.2, 0.25) is 0 Å². The number of hydrogen-bond acceptors (Lipinski definition) is 4. The van der Waals surface area contributed by atoms with Crippen molar-refractivity contribution in [3.05, 3.63) is 0 Å². The molecule has 5 heteroatoms. The van der Waals surface area contributed by atoms with E-state index in [9.17, 15) is 9.59 Å². The lowest BCUT2D eigenvalue weighted by molar-refractivity contribution is -0.146. The van der Waals surface area contributed by atoms with Gasteiger partial charge in [0.05, 0.1) is 19.2 Å². The number of amides is 1. The van der Waals surface area contributed by atoms with E-state index < -0.39 is 0 Å². The van der Waals surface area contributed by atoms with Crippen LogP contribution in [-0.2, 0) is 14.3 Å². The Morgan fingerprint density at radius 1 is 1.39 bits per heavy atom. The number of likely N-dealkylation sites (N-methyl/N-ethyl adjacent to an activating group) is 1. The Morgan fingerprint density at radius 2 is 2.17 bits per heavy atom. The zero-order chi connectivity index (χ0) is 13.4. The lowest BCUT2D eigenvalue weighted by Crippen LogP contribution is -2.50. The van der Waals surface area contributed by atoms with E-state index in [-0.39, 0.29) is 24.5 Å². The highest BCUT2D eigenvalue weighted by Gasteiger charge is 2.29. The van der Waals surface area contributed by atoms with Gasteiger partial charge in [0.2, 0.25) is 5.91 Å². The van der Waals surface area contributed by atoms with Crippen LogP contribution in [0.4, 0.5) is 0 Å². The molecule has 104 valence electrons. The molecule has 1 unspecified atom stereocenters. The van der Waals surface area contributed by atoms with Crippen molar-refractivity contribution >= 4 is 11.9 Å². The summed E-state index contributed by atoms with van der Waals surface area (Å²) in [6.07, 6.45) is 4.81. The van der Waals surface area contributed by atoms with E-state index in [1.54, 1.807) is 7.05 Å². The molecule has 0 aromatic rings. The van der Waals surface area contributed by atoms with Crippen LogP contribution >= 0.6 is 0 Å². The maximum Gasteiger partial charge on any atom is 0.320 e. The number of carbonyl (C=O) groups excluding carboxylic acids is 2. The first kappa shape index (κ1) is 15.0. The van der Waals surface area contributed by atoms with Crippen LogP contribution in [0.3, 0.4) is 0 Å². The van der Waals surface area contributed by atoms with Crippen molar-refractivity contribution in [2.45, 2.75) is 45.1 Å². The van der Waals surface area contributed by atoms with Gasteiger partial charge in [-0.3, -0.25) is 14.5 Å². The molecule has 1 aliphatic rings. The summed E-state index contributed by atoms with van der Waals surface area (Å²) in [6, 6.07) is -0.178. The number of rotatable bonds is 6. The Balaban J connectivity index is 2.41. The van der Waals surface area contributed by atoms with Gasteiger partial charge < -0.3 is 10.1 Å². The Morgan fingerprint density at radius 3 is 2.83 bits per heavy atom. The number of unbranched alkanes of at least 4 members (excludes halogenated alkanes) is 1. The quantitative estimate of drug-likeness (QED) is 0.567. The monoisotopic (exact) mass is 256 g/mol. The summed E-state index contributed by atoms with van der Waals surface area (Å²) in [6.45, 7) is 3.55. The van der Waals surface area contributed by atoms with E-state index in [1.807, 2.05) is 4.90 Å². The number of likely N-dealkylation sites (tertiary alicyclic amines) is 1. The zero-order valence-corrected chi connectivity index (χ0v) is 11.4. The zero-order valence-electron chi connectivity index (χ0n) is 11.4. The highest BCUT2D eigenvalue weighted by Crippen LogP contribution is 2.16. The summed E-state index contributed by atoms with van der Waals surface area (Å²) in [5.41, 5.74) is 0. The molecule has 1 fully saturated rings. The van der Waals surface area contributed by atoms with Gasteiger partial charge in [-0.1, -0.05) is 19.8 Å². The Labute approximate surface area is 109 Å². The normalized spacial score (nSPS) is 20.4. The van der Waals surface area contributed by atoms with Crippen LogP contribution < -0.4 is 5.32 Å². The lowest BCUT2D eigenvalue weighted by Gasteiger charge is -2.33. The second-order valence-corrected chi connectivity index (χ2v) is 4.67. The molecule has 0 aliphatic carbocycles. The van der Waals surface area contributed by atoms with Gasteiger partial charge in [0.25, 0.3) is 0 Å². The molecule has 0 aromatic carbocycles. The third-order valence-corrected chi connectivity index (χ3v) is 3.26. The van der Waals surface area contributed by atoms with Crippen LogP contribution in [0.5, 0.6) is 0 Å². The summed E-state index contributed by atoms with van der Waals surface area (Å²) in [5.74, 6) is -0.227. The maximum atomic E-state index is 11.7. The minimum atomic E-state index is -0.223. The van der Waals surface area contributed by atoms with E-state index in [4.69, 9.17) is 4.74 Å². The summed E-state index contributed by atoms with van der Waals surface area (Å²) in [5, 5.41) is 2.66. The predicted octanol–water partition coefficient (Wildman–Crippen LogP) is 0.930. The number of piperidine rings is 1. The van der Waals surface area contributed by atoms with Gasteiger partial charge >= 0.3 is 5.97 Å². The van der Waals surface area contributed by atoms with E-state index in [0.717, 1.165) is 38.6 Å². The van der Waals surface area contributed by atoms with Gasteiger partial charge in [-0.2, -0.15) is 0 Å². The highest BCUT2D eigenvalue weighted by atomic mass is 16.5. The molecule has 1 rings (SSSR count). The van der Waals surface area contributed by atoms with Gasteiger partial charge in [-0.05, 0) is 25.8 Å². The predicted molar refractivity (Wildman–Crippen MR) is 69.1 cm³/mol. The molecule has 1 aliphatic heterocycles. The van der Waals surface area contributed by atoms with Crippen molar-refractivity contribution in [3.8, 4) is 0 Å². The molecule has 0 radical (unpaired) electrons. The minimum Gasteiger partial charge on any atom is -0.465 e. The Hall–Kier alpha value is -1.10. The fraction of sp³-hybridized carbons (Fsp3) is 0.846. The van der Waals surface area contributed by atoms with Gasteiger partial charge in [0.15, 0.2) is 0 Å². The molecular formula is C13H24N2O3. The van der Waals surface area contributed by atoms with Gasteiger partial charge in [-0.25, -0.2) is 0 Å². The third-order valence-electron chi connectivity index (χ3n) is 3.26. The van der Waals surface area contributed by atoms with E-state index in [0.29, 0.717) is 6.61 Å². The van der Waals surface area contributed by atoms with Crippen molar-refractivity contribution < 1.29 is 14.3 Å². The number of hydrogen-bond donors (Lipinski definition) is 1. The molecule has 1 saturated heterocycles. The molecule has 18 heavy (non-hydrogen) atoms. The molecule has 0 saturated carbocycles.